The smallest absolute Gasteiger partial charge is 0.227 e. The van der Waals surface area contributed by atoms with E-state index >= 15 is 0 Å². The van der Waals surface area contributed by atoms with Crippen molar-refractivity contribution < 1.29 is 23.0 Å². The van der Waals surface area contributed by atoms with E-state index in [0.29, 0.717) is 29.7 Å². The first-order valence-corrected chi connectivity index (χ1v) is 11.0. The minimum absolute atomic E-state index is 0.146. The fraction of sp³-hybridized carbons (Fsp3) is 0.391. The maximum atomic E-state index is 14.5. The first-order valence-electron chi connectivity index (χ1n) is 11.0. The first kappa shape index (κ1) is 24.3. The van der Waals surface area contributed by atoms with E-state index < -0.39 is 18.2 Å². The van der Waals surface area contributed by atoms with Crippen LogP contribution < -0.4 is 29.7 Å². The van der Waals surface area contributed by atoms with Crippen molar-refractivity contribution >= 4 is 17.6 Å². The fourth-order valence-corrected chi connectivity index (χ4v) is 3.84. The largest absolute Gasteiger partial charge is 0.494 e. The second-order valence-corrected chi connectivity index (χ2v) is 8.19. The molecule has 0 aliphatic carbocycles. The monoisotopic (exact) mass is 487 g/mol. The van der Waals surface area contributed by atoms with E-state index in [-0.39, 0.29) is 22.8 Å². The maximum absolute atomic E-state index is 14.5. The SMILES string of the molecule is COc1cc(OC)c(F)c(COc2cnc(Nc3cnc(N4C[C@@H](C)N[C@@H](C)C4)nc3)nc2)c1F. The molecular weight excluding hydrogens is 460 g/mol. The fourth-order valence-electron chi connectivity index (χ4n) is 3.84. The van der Waals surface area contributed by atoms with Gasteiger partial charge in [-0.3, -0.25) is 0 Å². The van der Waals surface area contributed by atoms with Crippen molar-refractivity contribution in [2.75, 3.05) is 37.5 Å². The summed E-state index contributed by atoms with van der Waals surface area (Å²) in [7, 11) is 2.56. The van der Waals surface area contributed by atoms with Gasteiger partial charge in [-0.05, 0) is 13.8 Å². The van der Waals surface area contributed by atoms with Gasteiger partial charge in [0.1, 0.15) is 6.61 Å². The standard InChI is InChI=1S/C23H27F2N7O3/c1-13-10-32(11-14(2)30-13)23-28-6-15(7-29-23)31-22-26-8-16(9-27-22)35-12-17-20(24)18(33-3)5-19(34-4)21(17)25/h5-9,13-14,30H,10-12H2,1-4H3,(H,26,27,31)/t13-,14+. The summed E-state index contributed by atoms with van der Waals surface area (Å²) in [4.78, 5) is 19.4. The molecule has 12 heteroatoms. The van der Waals surface area contributed by atoms with Crippen LogP contribution in [0.4, 0.5) is 26.4 Å². The van der Waals surface area contributed by atoms with Crippen molar-refractivity contribution in [2.24, 2.45) is 0 Å². The molecule has 1 aliphatic rings. The van der Waals surface area contributed by atoms with Crippen LogP contribution in [0.15, 0.2) is 30.9 Å². The van der Waals surface area contributed by atoms with Crippen molar-refractivity contribution in [3.8, 4) is 17.2 Å². The van der Waals surface area contributed by atoms with Gasteiger partial charge in [0.25, 0.3) is 0 Å². The molecule has 10 nitrogen and oxygen atoms in total. The number of benzene rings is 1. The molecule has 3 aromatic rings. The maximum Gasteiger partial charge on any atom is 0.227 e. The third kappa shape index (κ3) is 5.65. The summed E-state index contributed by atoms with van der Waals surface area (Å²) in [6.45, 7) is 5.52. The summed E-state index contributed by atoms with van der Waals surface area (Å²) < 4.78 is 44.3. The lowest BCUT2D eigenvalue weighted by atomic mass is 10.1. The number of halogens is 2. The Hall–Kier alpha value is -3.80. The predicted molar refractivity (Wildman–Crippen MR) is 125 cm³/mol. The average molecular weight is 488 g/mol. The number of nitrogens with zero attached hydrogens (tertiary/aromatic N) is 5. The summed E-state index contributed by atoms with van der Waals surface area (Å²) in [6.07, 6.45) is 6.10. The van der Waals surface area contributed by atoms with Crippen molar-refractivity contribution in [1.29, 1.82) is 0 Å². The molecule has 1 aromatic carbocycles. The molecule has 0 amide bonds. The van der Waals surface area contributed by atoms with Gasteiger partial charge in [0.15, 0.2) is 28.9 Å². The highest BCUT2D eigenvalue weighted by Gasteiger charge is 2.23. The number of methoxy groups -OCH3 is 2. The van der Waals surface area contributed by atoms with Gasteiger partial charge in [0.05, 0.1) is 50.3 Å². The van der Waals surface area contributed by atoms with Crippen molar-refractivity contribution in [1.82, 2.24) is 25.3 Å². The molecule has 0 bridgehead atoms. The lowest BCUT2D eigenvalue weighted by Crippen LogP contribution is -2.54. The molecule has 2 atom stereocenters. The highest BCUT2D eigenvalue weighted by atomic mass is 19.1. The molecule has 35 heavy (non-hydrogen) atoms. The van der Waals surface area contributed by atoms with Gasteiger partial charge >= 0.3 is 0 Å². The number of nitrogens with one attached hydrogen (secondary N) is 2. The second kappa shape index (κ2) is 10.6. The lowest BCUT2D eigenvalue weighted by molar-refractivity contribution is 0.280. The zero-order chi connectivity index (χ0) is 24.9. The van der Waals surface area contributed by atoms with Gasteiger partial charge in [-0.1, -0.05) is 0 Å². The van der Waals surface area contributed by atoms with E-state index in [2.05, 4.69) is 49.3 Å². The van der Waals surface area contributed by atoms with Crippen molar-refractivity contribution in [2.45, 2.75) is 32.5 Å². The third-order valence-electron chi connectivity index (χ3n) is 5.41. The molecule has 2 N–H and O–H groups in total. The van der Waals surface area contributed by atoms with Gasteiger partial charge in [-0.2, -0.15) is 0 Å². The Morgan fingerprint density at radius 1 is 0.943 bits per heavy atom. The molecule has 1 fully saturated rings. The number of hydrogen-bond acceptors (Lipinski definition) is 10. The van der Waals surface area contributed by atoms with Crippen molar-refractivity contribution in [3.05, 3.63) is 48.1 Å². The second-order valence-electron chi connectivity index (χ2n) is 8.19. The summed E-state index contributed by atoms with van der Waals surface area (Å²) in [5.41, 5.74) is 0.292. The van der Waals surface area contributed by atoms with E-state index in [9.17, 15) is 8.78 Å². The molecule has 0 spiro atoms. The molecule has 0 saturated carbocycles. The Labute approximate surface area is 201 Å². The molecule has 0 radical (unpaired) electrons. The number of piperazine rings is 1. The number of anilines is 3. The minimum atomic E-state index is -0.863. The Bertz CT molecular complexity index is 1110. The summed E-state index contributed by atoms with van der Waals surface area (Å²) in [5, 5.41) is 6.49. The van der Waals surface area contributed by atoms with Gasteiger partial charge in [-0.25, -0.2) is 28.7 Å². The Kier molecular flexibility index (Phi) is 7.39. The molecule has 186 valence electrons. The third-order valence-corrected chi connectivity index (χ3v) is 5.41. The predicted octanol–water partition coefficient (Wildman–Crippen LogP) is 3.07. The Morgan fingerprint density at radius 2 is 1.51 bits per heavy atom. The number of ether oxygens (including phenoxy) is 3. The molecule has 1 saturated heterocycles. The van der Waals surface area contributed by atoms with Crippen LogP contribution in [0.5, 0.6) is 17.2 Å². The lowest BCUT2D eigenvalue weighted by Gasteiger charge is -2.36. The topological polar surface area (TPSA) is 107 Å². The van der Waals surface area contributed by atoms with Crippen LogP contribution >= 0.6 is 0 Å². The molecule has 0 unspecified atom stereocenters. The van der Waals surface area contributed by atoms with Gasteiger partial charge in [0, 0.05) is 31.2 Å². The van der Waals surface area contributed by atoms with Gasteiger partial charge in [0.2, 0.25) is 11.9 Å². The number of rotatable bonds is 8. The molecule has 4 rings (SSSR count). The van der Waals surface area contributed by atoms with E-state index in [1.807, 2.05) is 0 Å². The van der Waals surface area contributed by atoms with Gasteiger partial charge in [-0.15, -0.1) is 0 Å². The summed E-state index contributed by atoms with van der Waals surface area (Å²) >= 11 is 0. The number of hydrogen-bond donors (Lipinski definition) is 2. The van der Waals surface area contributed by atoms with Crippen LogP contribution in [0.3, 0.4) is 0 Å². The quantitative estimate of drug-likeness (QED) is 0.492. The average Bonchev–Trinajstić information content (AvgIpc) is 2.85. The summed E-state index contributed by atoms with van der Waals surface area (Å²) in [6, 6.07) is 1.85. The van der Waals surface area contributed by atoms with E-state index in [1.54, 1.807) is 12.4 Å². The van der Waals surface area contributed by atoms with Gasteiger partial charge < -0.3 is 29.7 Å². The first-order chi connectivity index (χ1) is 16.9. The van der Waals surface area contributed by atoms with Crippen LogP contribution in [0.2, 0.25) is 0 Å². The van der Waals surface area contributed by atoms with Crippen LogP contribution in [-0.4, -0.2) is 59.3 Å². The zero-order valence-corrected chi connectivity index (χ0v) is 19.9. The highest BCUT2D eigenvalue weighted by Crippen LogP contribution is 2.32. The van der Waals surface area contributed by atoms with E-state index in [1.165, 1.54) is 26.6 Å². The number of aromatic nitrogens is 4. The van der Waals surface area contributed by atoms with Crippen molar-refractivity contribution in [3.63, 3.8) is 0 Å². The van der Waals surface area contributed by atoms with Crippen LogP contribution in [0, 0.1) is 11.6 Å². The van der Waals surface area contributed by atoms with Crippen LogP contribution in [0.25, 0.3) is 0 Å². The molecule has 2 aromatic heterocycles. The highest BCUT2D eigenvalue weighted by molar-refractivity contribution is 5.51. The van der Waals surface area contributed by atoms with Crippen LogP contribution in [0.1, 0.15) is 19.4 Å². The van der Waals surface area contributed by atoms with E-state index in [0.717, 1.165) is 19.2 Å². The molecular formula is C23H27F2N7O3. The normalized spacial score (nSPS) is 17.7. The minimum Gasteiger partial charge on any atom is -0.494 e. The Balaban J connectivity index is 1.38. The molecule has 3 heterocycles. The summed E-state index contributed by atoms with van der Waals surface area (Å²) in [5.74, 6) is -0.840. The Morgan fingerprint density at radius 3 is 2.06 bits per heavy atom. The zero-order valence-electron chi connectivity index (χ0n) is 19.9. The molecule has 1 aliphatic heterocycles. The van der Waals surface area contributed by atoms with Crippen LogP contribution in [-0.2, 0) is 6.61 Å². The van der Waals surface area contributed by atoms with E-state index in [4.69, 9.17) is 14.2 Å².